The Kier molecular flexibility index (Phi) is 6.10. The van der Waals surface area contributed by atoms with E-state index >= 15 is 0 Å². The van der Waals surface area contributed by atoms with Gasteiger partial charge >= 0.3 is 0 Å². The van der Waals surface area contributed by atoms with Gasteiger partial charge in [-0.1, -0.05) is 37.3 Å². The lowest BCUT2D eigenvalue weighted by Gasteiger charge is -2.17. The number of benzene rings is 1. The zero-order chi connectivity index (χ0) is 10.9. The Morgan fingerprint density at radius 2 is 1.93 bits per heavy atom. The van der Waals surface area contributed by atoms with Crippen LogP contribution in [0.15, 0.2) is 30.3 Å². The van der Waals surface area contributed by atoms with Crippen LogP contribution in [0.2, 0.25) is 0 Å². The van der Waals surface area contributed by atoms with Crippen LogP contribution in [0.25, 0.3) is 0 Å². The molecule has 1 aromatic carbocycles. The van der Waals surface area contributed by atoms with Crippen LogP contribution in [0.5, 0.6) is 0 Å². The van der Waals surface area contributed by atoms with Crippen molar-refractivity contribution >= 4 is 0 Å². The molecule has 1 saturated heterocycles. The molecule has 1 aliphatic rings. The summed E-state index contributed by atoms with van der Waals surface area (Å²) in [4.78, 5) is 0. The minimum atomic E-state index is 0.536. The number of hydrogen-bond donors (Lipinski definition) is 0. The van der Waals surface area contributed by atoms with Gasteiger partial charge in [-0.2, -0.15) is 0 Å². The van der Waals surface area contributed by atoms with E-state index in [0.717, 1.165) is 13.0 Å². The molecule has 15 heavy (non-hydrogen) atoms. The first-order valence-electron chi connectivity index (χ1n) is 5.98. The van der Waals surface area contributed by atoms with E-state index in [0.29, 0.717) is 6.10 Å². The highest BCUT2D eigenvalue weighted by Crippen LogP contribution is 2.10. The minimum absolute atomic E-state index is 0.536. The van der Waals surface area contributed by atoms with Gasteiger partial charge in [-0.15, -0.1) is 0 Å². The average molecular weight is 206 g/mol. The Bertz CT molecular complexity index is 237. The second-order valence-corrected chi connectivity index (χ2v) is 4.02. The second-order valence-electron chi connectivity index (χ2n) is 4.02. The van der Waals surface area contributed by atoms with E-state index in [1.807, 2.05) is 6.07 Å². The van der Waals surface area contributed by atoms with Crippen molar-refractivity contribution in [3.05, 3.63) is 35.9 Å². The topological polar surface area (TPSA) is 9.23 Å². The summed E-state index contributed by atoms with van der Waals surface area (Å²) in [5.74, 6) is 0. The van der Waals surface area contributed by atoms with Crippen LogP contribution in [-0.4, -0.2) is 12.7 Å². The van der Waals surface area contributed by atoms with Crippen LogP contribution in [0.4, 0.5) is 0 Å². The van der Waals surface area contributed by atoms with E-state index < -0.39 is 0 Å². The summed E-state index contributed by atoms with van der Waals surface area (Å²) in [7, 11) is 0. The Balaban J connectivity index is 0.000000151. The normalized spacial score (nSPS) is 20.3. The van der Waals surface area contributed by atoms with Crippen LogP contribution < -0.4 is 0 Å². The molecule has 0 aliphatic carbocycles. The molecular formula is C14H22O. The highest BCUT2D eigenvalue weighted by Gasteiger charge is 2.05. The van der Waals surface area contributed by atoms with Crippen LogP contribution >= 0.6 is 0 Å². The highest BCUT2D eigenvalue weighted by molar-refractivity contribution is 5.13. The summed E-state index contributed by atoms with van der Waals surface area (Å²) in [6.07, 6.45) is 5.57. The van der Waals surface area contributed by atoms with Crippen LogP contribution in [0.1, 0.15) is 38.7 Å². The summed E-state index contributed by atoms with van der Waals surface area (Å²) in [5, 5.41) is 0. The molecule has 0 aromatic heterocycles. The summed E-state index contributed by atoms with van der Waals surface area (Å²) < 4.78 is 5.28. The van der Waals surface area contributed by atoms with E-state index in [2.05, 4.69) is 38.1 Å². The largest absolute Gasteiger partial charge is 0.379 e. The lowest BCUT2D eigenvalue weighted by Crippen LogP contribution is -2.14. The minimum Gasteiger partial charge on any atom is -0.379 e. The van der Waals surface area contributed by atoms with Crippen molar-refractivity contribution in [2.75, 3.05) is 6.61 Å². The number of hydrogen-bond acceptors (Lipinski definition) is 1. The molecule has 1 heterocycles. The Morgan fingerprint density at radius 1 is 1.20 bits per heavy atom. The molecule has 0 amide bonds. The number of aryl methyl sites for hydroxylation is 1. The van der Waals surface area contributed by atoms with Crippen molar-refractivity contribution in [1.29, 1.82) is 0 Å². The van der Waals surface area contributed by atoms with Crippen molar-refractivity contribution in [3.63, 3.8) is 0 Å². The maximum Gasteiger partial charge on any atom is 0.0547 e. The first-order chi connectivity index (χ1) is 7.33. The Hall–Kier alpha value is -0.820. The molecule has 1 heteroatoms. The van der Waals surface area contributed by atoms with E-state index in [9.17, 15) is 0 Å². The maximum atomic E-state index is 5.28. The van der Waals surface area contributed by atoms with Crippen molar-refractivity contribution in [2.24, 2.45) is 0 Å². The molecule has 0 bridgehead atoms. The Morgan fingerprint density at radius 3 is 2.27 bits per heavy atom. The van der Waals surface area contributed by atoms with Gasteiger partial charge in [0.25, 0.3) is 0 Å². The molecule has 1 unspecified atom stereocenters. The lowest BCUT2D eigenvalue weighted by atomic mass is 10.1. The first kappa shape index (κ1) is 12.3. The average Bonchev–Trinajstić information content (AvgIpc) is 2.32. The summed E-state index contributed by atoms with van der Waals surface area (Å²) in [5.41, 5.74) is 1.41. The van der Waals surface area contributed by atoms with Crippen molar-refractivity contribution in [2.45, 2.75) is 45.6 Å². The van der Waals surface area contributed by atoms with E-state index in [1.54, 1.807) is 0 Å². The molecule has 1 aromatic rings. The van der Waals surface area contributed by atoms with Gasteiger partial charge in [0.1, 0.15) is 0 Å². The molecule has 1 atom stereocenters. The van der Waals surface area contributed by atoms with Crippen molar-refractivity contribution in [1.82, 2.24) is 0 Å². The summed E-state index contributed by atoms with van der Waals surface area (Å²) >= 11 is 0. The van der Waals surface area contributed by atoms with Gasteiger partial charge in [0.2, 0.25) is 0 Å². The third-order valence-corrected chi connectivity index (χ3v) is 2.66. The highest BCUT2D eigenvalue weighted by atomic mass is 16.5. The lowest BCUT2D eigenvalue weighted by molar-refractivity contribution is 0.0285. The predicted molar refractivity (Wildman–Crippen MR) is 65.1 cm³/mol. The van der Waals surface area contributed by atoms with Gasteiger partial charge in [-0.3, -0.25) is 0 Å². The molecule has 0 spiro atoms. The molecule has 0 saturated carbocycles. The third-order valence-electron chi connectivity index (χ3n) is 2.66. The van der Waals surface area contributed by atoms with E-state index in [1.165, 1.54) is 24.8 Å². The summed E-state index contributed by atoms with van der Waals surface area (Å²) in [6.45, 7) is 5.29. The first-order valence-corrected chi connectivity index (χ1v) is 5.98. The maximum absolute atomic E-state index is 5.28. The molecule has 1 nitrogen and oxygen atoms in total. The van der Waals surface area contributed by atoms with Crippen molar-refractivity contribution in [3.8, 4) is 0 Å². The van der Waals surface area contributed by atoms with Gasteiger partial charge in [0, 0.05) is 6.61 Å². The fraction of sp³-hybridized carbons (Fsp3) is 0.571. The SMILES string of the molecule is CC1CCCCO1.CCc1ccccc1. The van der Waals surface area contributed by atoms with E-state index in [4.69, 9.17) is 4.74 Å². The zero-order valence-corrected chi connectivity index (χ0v) is 9.91. The number of ether oxygens (including phenoxy) is 1. The van der Waals surface area contributed by atoms with E-state index in [-0.39, 0.29) is 0 Å². The van der Waals surface area contributed by atoms with Crippen LogP contribution in [-0.2, 0) is 11.2 Å². The van der Waals surface area contributed by atoms with Gasteiger partial charge in [0.15, 0.2) is 0 Å². The van der Waals surface area contributed by atoms with Gasteiger partial charge in [-0.25, -0.2) is 0 Å². The molecule has 2 rings (SSSR count). The Labute approximate surface area is 93.5 Å². The molecular weight excluding hydrogens is 184 g/mol. The van der Waals surface area contributed by atoms with Gasteiger partial charge < -0.3 is 4.74 Å². The molecule has 1 aliphatic heterocycles. The number of rotatable bonds is 1. The molecule has 0 radical (unpaired) electrons. The van der Waals surface area contributed by atoms with Crippen LogP contribution in [0, 0.1) is 0 Å². The fourth-order valence-corrected chi connectivity index (χ4v) is 1.62. The molecule has 1 fully saturated rings. The third kappa shape index (κ3) is 5.58. The smallest absolute Gasteiger partial charge is 0.0547 e. The fourth-order valence-electron chi connectivity index (χ4n) is 1.62. The van der Waals surface area contributed by atoms with Gasteiger partial charge in [0.05, 0.1) is 6.10 Å². The quantitative estimate of drug-likeness (QED) is 0.678. The zero-order valence-electron chi connectivity index (χ0n) is 9.91. The van der Waals surface area contributed by atoms with Crippen LogP contribution in [0.3, 0.4) is 0 Å². The standard InChI is InChI=1S/C8H10.C6H12O/c1-2-8-6-4-3-5-7-8;1-6-4-2-3-5-7-6/h3-7H,2H2,1H3;6H,2-5H2,1H3. The molecule has 0 N–H and O–H groups in total. The predicted octanol–water partition coefficient (Wildman–Crippen LogP) is 3.82. The molecule has 84 valence electrons. The monoisotopic (exact) mass is 206 g/mol. The van der Waals surface area contributed by atoms with Crippen molar-refractivity contribution < 1.29 is 4.74 Å². The summed E-state index contributed by atoms with van der Waals surface area (Å²) in [6, 6.07) is 10.5. The van der Waals surface area contributed by atoms with Gasteiger partial charge in [-0.05, 0) is 38.2 Å². The second kappa shape index (κ2) is 7.47.